The molecule has 0 aromatic carbocycles. The first kappa shape index (κ1) is 32.8. The Labute approximate surface area is 267 Å². The van der Waals surface area contributed by atoms with Crippen molar-refractivity contribution in [3.05, 3.63) is 41.7 Å². The van der Waals surface area contributed by atoms with Crippen molar-refractivity contribution in [3.8, 4) is 11.8 Å². The molecule has 0 radical (unpaired) electrons. The van der Waals surface area contributed by atoms with Crippen LogP contribution < -0.4 is 14.4 Å². The molecule has 4 heterocycles. The van der Waals surface area contributed by atoms with Gasteiger partial charge in [-0.2, -0.15) is 0 Å². The summed E-state index contributed by atoms with van der Waals surface area (Å²) in [6, 6.07) is 6.09. The van der Waals surface area contributed by atoms with Gasteiger partial charge >= 0.3 is 12.1 Å². The normalized spacial score (nSPS) is 18.8. The van der Waals surface area contributed by atoms with E-state index in [1.807, 2.05) is 50.9 Å². The summed E-state index contributed by atoms with van der Waals surface area (Å²) >= 11 is 0. The maximum Gasteiger partial charge on any atom is 0.410 e. The van der Waals surface area contributed by atoms with E-state index in [0.29, 0.717) is 62.2 Å². The molecule has 5 rings (SSSR count). The third-order valence-corrected chi connectivity index (χ3v) is 9.17. The highest BCUT2D eigenvalue weighted by Crippen LogP contribution is 2.45. The minimum atomic E-state index is -0.497. The first-order valence-electron chi connectivity index (χ1n) is 16.6. The molecule has 2 saturated heterocycles. The van der Waals surface area contributed by atoms with E-state index < -0.39 is 5.60 Å². The van der Waals surface area contributed by atoms with Crippen LogP contribution in [0, 0.1) is 11.8 Å². The van der Waals surface area contributed by atoms with Crippen LogP contribution in [-0.4, -0.2) is 79.0 Å². The van der Waals surface area contributed by atoms with Crippen LogP contribution in [0.2, 0.25) is 0 Å². The smallest absolute Gasteiger partial charge is 0.410 e. The molecule has 246 valence electrons. The molecule has 2 aromatic heterocycles. The van der Waals surface area contributed by atoms with E-state index in [2.05, 4.69) is 20.9 Å². The summed E-state index contributed by atoms with van der Waals surface area (Å²) < 4.78 is 22.6. The number of likely N-dealkylation sites (tertiary alicyclic amines) is 1. The maximum atomic E-state index is 12.6. The molecule has 0 unspecified atom stereocenters. The van der Waals surface area contributed by atoms with Crippen molar-refractivity contribution in [2.75, 3.05) is 51.4 Å². The number of ether oxygens (including phenoxy) is 4. The molecule has 1 saturated carbocycles. The highest BCUT2D eigenvalue weighted by atomic mass is 16.6. The highest BCUT2D eigenvalue weighted by Gasteiger charge is 2.35. The molecule has 45 heavy (non-hydrogen) atoms. The van der Waals surface area contributed by atoms with Crippen LogP contribution in [0.25, 0.3) is 0 Å². The zero-order valence-corrected chi connectivity index (χ0v) is 27.6. The summed E-state index contributed by atoms with van der Waals surface area (Å²) in [6.45, 7) is 11.7. The molecule has 1 aliphatic carbocycles. The second kappa shape index (κ2) is 14.7. The van der Waals surface area contributed by atoms with E-state index in [1.165, 1.54) is 11.3 Å². The van der Waals surface area contributed by atoms with E-state index in [0.717, 1.165) is 57.2 Å². The zero-order chi connectivity index (χ0) is 32.0. The second-order valence-corrected chi connectivity index (χ2v) is 13.6. The molecule has 3 aliphatic rings. The van der Waals surface area contributed by atoms with E-state index in [-0.39, 0.29) is 18.0 Å². The Kier molecular flexibility index (Phi) is 10.7. The molecule has 10 heteroatoms. The van der Waals surface area contributed by atoms with Crippen LogP contribution in [0.15, 0.2) is 30.6 Å². The summed E-state index contributed by atoms with van der Waals surface area (Å²) in [5, 5.41) is 0. The number of rotatable bonds is 11. The van der Waals surface area contributed by atoms with Crippen molar-refractivity contribution in [2.24, 2.45) is 11.8 Å². The van der Waals surface area contributed by atoms with Gasteiger partial charge in [0.25, 0.3) is 0 Å². The summed E-state index contributed by atoms with van der Waals surface area (Å²) in [5.41, 5.74) is 3.02. The first-order valence-corrected chi connectivity index (χ1v) is 16.6. The molecule has 1 amide bonds. The van der Waals surface area contributed by atoms with E-state index >= 15 is 0 Å². The van der Waals surface area contributed by atoms with Crippen LogP contribution in [0.3, 0.4) is 0 Å². The summed E-state index contributed by atoms with van der Waals surface area (Å²) in [7, 11) is 1.65. The summed E-state index contributed by atoms with van der Waals surface area (Å²) in [5.74, 6) is 2.54. The van der Waals surface area contributed by atoms with Crippen molar-refractivity contribution in [1.29, 1.82) is 0 Å². The van der Waals surface area contributed by atoms with Crippen molar-refractivity contribution in [2.45, 2.75) is 90.1 Å². The van der Waals surface area contributed by atoms with Crippen molar-refractivity contribution < 1.29 is 28.5 Å². The van der Waals surface area contributed by atoms with Gasteiger partial charge in [-0.3, -0.25) is 4.79 Å². The number of pyridine rings is 2. The minimum Gasteiger partial charge on any atom is -0.481 e. The second-order valence-electron chi connectivity index (χ2n) is 13.6. The number of amides is 1. The lowest BCUT2D eigenvalue weighted by molar-refractivity contribution is -0.143. The lowest BCUT2D eigenvalue weighted by atomic mass is 9.88. The number of piperidine rings is 2. The monoisotopic (exact) mass is 622 g/mol. The van der Waals surface area contributed by atoms with E-state index in [4.69, 9.17) is 18.9 Å². The van der Waals surface area contributed by atoms with Crippen LogP contribution in [0.5, 0.6) is 11.8 Å². The zero-order valence-electron chi connectivity index (χ0n) is 27.6. The SMILES string of the molecule is CCOC(=O)C[C@H](c1ccnc(OCC2CCN(c3cc(OC)ncc3C3CCN(C(=O)OC(C)(C)C)CC3)CC2)c1)C1CC1. The van der Waals surface area contributed by atoms with Gasteiger partial charge in [0.15, 0.2) is 0 Å². The number of carbonyl (C=O) groups is 2. The van der Waals surface area contributed by atoms with Gasteiger partial charge in [0.2, 0.25) is 11.8 Å². The molecular weight excluding hydrogens is 572 g/mol. The molecule has 2 aromatic rings. The lowest BCUT2D eigenvalue weighted by Crippen LogP contribution is -2.41. The third-order valence-electron chi connectivity index (χ3n) is 9.17. The Hall–Kier alpha value is -3.56. The average molecular weight is 623 g/mol. The van der Waals surface area contributed by atoms with Crippen LogP contribution in [-0.2, 0) is 14.3 Å². The standard InChI is InChI=1S/C35H50N4O6/c1-6-43-33(40)20-28(25-7-8-25)27-9-14-36-32(19-27)44-23-24-10-15-38(16-11-24)30-21-31(42-5)37-22-29(30)26-12-17-39(18-13-26)34(41)45-35(2,3)4/h9,14,19,21-22,24-26,28H,6-8,10-13,15-18,20,23H2,1-5H3/t28-/m0/s1. The first-order chi connectivity index (χ1) is 21.6. The Balaban J connectivity index is 1.16. The van der Waals surface area contributed by atoms with Gasteiger partial charge in [0.05, 0.1) is 26.7 Å². The molecule has 0 bridgehead atoms. The highest BCUT2D eigenvalue weighted by molar-refractivity contribution is 5.70. The Bertz CT molecular complexity index is 1290. The third kappa shape index (κ3) is 9.01. The van der Waals surface area contributed by atoms with Gasteiger partial charge in [-0.05, 0) is 107 Å². The van der Waals surface area contributed by atoms with E-state index in [1.54, 1.807) is 13.3 Å². The molecule has 2 aliphatic heterocycles. The van der Waals surface area contributed by atoms with Gasteiger partial charge in [-0.25, -0.2) is 14.8 Å². The number of methoxy groups -OCH3 is 1. The largest absolute Gasteiger partial charge is 0.481 e. The predicted octanol–water partition coefficient (Wildman–Crippen LogP) is 6.34. The Morgan fingerprint density at radius 2 is 1.71 bits per heavy atom. The van der Waals surface area contributed by atoms with E-state index in [9.17, 15) is 9.59 Å². The number of esters is 1. The fourth-order valence-corrected chi connectivity index (χ4v) is 6.57. The fraction of sp³-hybridized carbons (Fsp3) is 0.657. The number of hydrogen-bond acceptors (Lipinski definition) is 9. The van der Waals surface area contributed by atoms with Gasteiger partial charge < -0.3 is 28.7 Å². The number of nitrogens with zero attached hydrogens (tertiary/aromatic N) is 4. The summed E-state index contributed by atoms with van der Waals surface area (Å²) in [6.07, 6.45) is 10.00. The Morgan fingerprint density at radius 3 is 2.36 bits per heavy atom. The molecule has 0 spiro atoms. The molecule has 10 nitrogen and oxygen atoms in total. The predicted molar refractivity (Wildman–Crippen MR) is 172 cm³/mol. The van der Waals surface area contributed by atoms with Gasteiger partial charge in [0, 0.05) is 56.4 Å². The van der Waals surface area contributed by atoms with Crippen LogP contribution in [0.4, 0.5) is 10.5 Å². The van der Waals surface area contributed by atoms with Crippen LogP contribution >= 0.6 is 0 Å². The van der Waals surface area contributed by atoms with Crippen molar-refractivity contribution >= 4 is 17.7 Å². The molecule has 3 fully saturated rings. The van der Waals surface area contributed by atoms with Crippen molar-refractivity contribution in [3.63, 3.8) is 0 Å². The molecule has 1 atom stereocenters. The van der Waals surface area contributed by atoms with Gasteiger partial charge in [0.1, 0.15) is 5.60 Å². The number of aromatic nitrogens is 2. The molecule has 0 N–H and O–H groups in total. The number of carbonyl (C=O) groups excluding carboxylic acids is 2. The molecular formula is C35H50N4O6. The van der Waals surface area contributed by atoms with Gasteiger partial charge in [-0.15, -0.1) is 0 Å². The van der Waals surface area contributed by atoms with Gasteiger partial charge in [-0.1, -0.05) is 0 Å². The quantitative estimate of drug-likeness (QED) is 0.266. The number of hydrogen-bond donors (Lipinski definition) is 0. The topological polar surface area (TPSA) is 103 Å². The Morgan fingerprint density at radius 1 is 0.978 bits per heavy atom. The minimum absolute atomic E-state index is 0.137. The average Bonchev–Trinajstić information content (AvgIpc) is 3.88. The van der Waals surface area contributed by atoms with Crippen LogP contribution in [0.1, 0.15) is 95.6 Å². The maximum absolute atomic E-state index is 12.6. The van der Waals surface area contributed by atoms with Crippen molar-refractivity contribution in [1.82, 2.24) is 14.9 Å². The fourth-order valence-electron chi connectivity index (χ4n) is 6.57. The lowest BCUT2D eigenvalue weighted by Gasteiger charge is -2.38. The summed E-state index contributed by atoms with van der Waals surface area (Å²) in [4.78, 5) is 38.1. The number of anilines is 1.